The van der Waals surface area contributed by atoms with Crippen LogP contribution in [0.15, 0.2) is 42.5 Å². The molecular formula is C22H29ClN2O2S. The second kappa shape index (κ2) is 11.2. The summed E-state index contributed by atoms with van der Waals surface area (Å²) in [5, 5.41) is 0. The minimum absolute atomic E-state index is 0.0586. The molecule has 0 N–H and O–H groups in total. The number of carbonyl (C=O) groups is 2. The zero-order valence-electron chi connectivity index (χ0n) is 16.9. The molecule has 6 heteroatoms. The number of aryl methyl sites for hydroxylation is 1. The summed E-state index contributed by atoms with van der Waals surface area (Å²) < 4.78 is 0. The van der Waals surface area contributed by atoms with Gasteiger partial charge in [0.2, 0.25) is 11.8 Å². The van der Waals surface area contributed by atoms with Crippen molar-refractivity contribution in [3.05, 3.63) is 57.8 Å². The van der Waals surface area contributed by atoms with Gasteiger partial charge < -0.3 is 9.80 Å². The minimum Gasteiger partial charge on any atom is -0.332 e. The summed E-state index contributed by atoms with van der Waals surface area (Å²) in [7, 11) is 0. The monoisotopic (exact) mass is 420 g/mol. The van der Waals surface area contributed by atoms with Crippen molar-refractivity contribution in [3.63, 3.8) is 0 Å². The molecule has 0 fully saturated rings. The SMILES string of the molecule is CCC(C)CN(CC(=O)N(Cc1ccccc1)Cc1ccc(C)s1)C(=O)CCl. The van der Waals surface area contributed by atoms with Crippen LogP contribution < -0.4 is 0 Å². The lowest BCUT2D eigenvalue weighted by atomic mass is 10.1. The van der Waals surface area contributed by atoms with Gasteiger partial charge in [-0.3, -0.25) is 9.59 Å². The average Bonchev–Trinajstić information content (AvgIpc) is 3.11. The number of thiophene rings is 1. The van der Waals surface area contributed by atoms with Crippen LogP contribution in [0.3, 0.4) is 0 Å². The molecule has 152 valence electrons. The van der Waals surface area contributed by atoms with Crippen molar-refractivity contribution >= 4 is 34.8 Å². The highest BCUT2D eigenvalue weighted by molar-refractivity contribution is 7.11. The molecular weight excluding hydrogens is 392 g/mol. The summed E-state index contributed by atoms with van der Waals surface area (Å²) in [4.78, 5) is 31.2. The van der Waals surface area contributed by atoms with Gasteiger partial charge in [0.15, 0.2) is 0 Å². The summed E-state index contributed by atoms with van der Waals surface area (Å²) >= 11 is 7.48. The Bertz CT molecular complexity index is 763. The number of hydrogen-bond acceptors (Lipinski definition) is 3. The van der Waals surface area contributed by atoms with E-state index in [4.69, 9.17) is 11.6 Å². The smallest absolute Gasteiger partial charge is 0.242 e. The molecule has 1 unspecified atom stereocenters. The van der Waals surface area contributed by atoms with Gasteiger partial charge in [0, 0.05) is 22.8 Å². The van der Waals surface area contributed by atoms with Crippen molar-refractivity contribution in [2.45, 2.75) is 40.3 Å². The van der Waals surface area contributed by atoms with Crippen molar-refractivity contribution < 1.29 is 9.59 Å². The standard InChI is InChI=1S/C22H29ClN2O2S/c1-4-17(2)13-24(21(26)12-23)16-22(27)25(14-19-8-6-5-7-9-19)15-20-11-10-18(3)28-20/h5-11,17H,4,12-16H2,1-3H3. The Kier molecular flexibility index (Phi) is 9.00. The molecule has 1 atom stereocenters. The van der Waals surface area contributed by atoms with Crippen molar-refractivity contribution in [1.82, 2.24) is 9.80 Å². The second-order valence-electron chi connectivity index (χ2n) is 7.17. The number of nitrogens with zero attached hydrogens (tertiary/aromatic N) is 2. The third-order valence-electron chi connectivity index (χ3n) is 4.73. The van der Waals surface area contributed by atoms with Crippen LogP contribution in [0, 0.1) is 12.8 Å². The lowest BCUT2D eigenvalue weighted by Gasteiger charge is -2.29. The van der Waals surface area contributed by atoms with E-state index in [1.54, 1.807) is 16.2 Å². The maximum atomic E-state index is 13.2. The van der Waals surface area contributed by atoms with E-state index >= 15 is 0 Å². The first-order valence-corrected chi connectivity index (χ1v) is 11.0. The molecule has 0 aliphatic carbocycles. The number of rotatable bonds is 10. The molecule has 0 saturated heterocycles. The Morgan fingerprint density at radius 2 is 1.75 bits per heavy atom. The summed E-state index contributed by atoms with van der Waals surface area (Å²) in [6.45, 7) is 7.88. The largest absolute Gasteiger partial charge is 0.332 e. The van der Waals surface area contributed by atoms with Crippen LogP contribution in [0.5, 0.6) is 0 Å². The van der Waals surface area contributed by atoms with Crippen LogP contribution >= 0.6 is 22.9 Å². The summed E-state index contributed by atoms with van der Waals surface area (Å²) in [5.41, 5.74) is 1.07. The van der Waals surface area contributed by atoms with Gasteiger partial charge in [-0.25, -0.2) is 0 Å². The number of carbonyl (C=O) groups excluding carboxylic acids is 2. The topological polar surface area (TPSA) is 40.6 Å². The molecule has 1 aromatic heterocycles. The van der Waals surface area contributed by atoms with E-state index in [0.29, 0.717) is 25.6 Å². The normalized spacial score (nSPS) is 11.9. The van der Waals surface area contributed by atoms with Gasteiger partial charge in [-0.2, -0.15) is 0 Å². The molecule has 2 amide bonds. The fourth-order valence-electron chi connectivity index (χ4n) is 2.90. The lowest BCUT2D eigenvalue weighted by Crippen LogP contribution is -2.44. The molecule has 1 heterocycles. The zero-order valence-corrected chi connectivity index (χ0v) is 18.4. The number of hydrogen-bond donors (Lipinski definition) is 0. The van der Waals surface area contributed by atoms with E-state index in [9.17, 15) is 9.59 Å². The molecule has 0 aliphatic rings. The number of alkyl halides is 1. The van der Waals surface area contributed by atoms with Crippen molar-refractivity contribution in [2.24, 2.45) is 5.92 Å². The Morgan fingerprint density at radius 1 is 1.04 bits per heavy atom. The summed E-state index contributed by atoms with van der Waals surface area (Å²) in [6.07, 6.45) is 0.947. The number of benzene rings is 1. The van der Waals surface area contributed by atoms with E-state index in [0.717, 1.165) is 16.9 Å². The molecule has 0 radical (unpaired) electrons. The third-order valence-corrected chi connectivity index (χ3v) is 5.95. The first-order chi connectivity index (χ1) is 13.4. The molecule has 0 saturated carbocycles. The third kappa shape index (κ3) is 6.95. The van der Waals surface area contributed by atoms with Crippen LogP contribution in [0.2, 0.25) is 0 Å². The zero-order chi connectivity index (χ0) is 20.5. The number of amides is 2. The van der Waals surface area contributed by atoms with Crippen LogP contribution in [-0.2, 0) is 22.7 Å². The molecule has 0 spiro atoms. The predicted octanol–water partition coefficient (Wildman–Crippen LogP) is 4.70. The first-order valence-electron chi connectivity index (χ1n) is 9.63. The van der Waals surface area contributed by atoms with Crippen LogP contribution in [0.1, 0.15) is 35.6 Å². The van der Waals surface area contributed by atoms with Crippen LogP contribution in [0.25, 0.3) is 0 Å². The summed E-state index contributed by atoms with van der Waals surface area (Å²) in [5.74, 6) is -0.0342. The van der Waals surface area contributed by atoms with E-state index in [1.165, 1.54) is 4.88 Å². The summed E-state index contributed by atoms with van der Waals surface area (Å²) in [6, 6.07) is 14.1. The Hall–Kier alpha value is -1.85. The fraction of sp³-hybridized carbons (Fsp3) is 0.455. The highest BCUT2D eigenvalue weighted by atomic mass is 35.5. The van der Waals surface area contributed by atoms with E-state index in [2.05, 4.69) is 32.9 Å². The average molecular weight is 421 g/mol. The fourth-order valence-corrected chi connectivity index (χ4v) is 3.98. The van der Waals surface area contributed by atoms with Gasteiger partial charge in [0.05, 0.1) is 13.1 Å². The maximum Gasteiger partial charge on any atom is 0.242 e. The predicted molar refractivity (Wildman–Crippen MR) is 117 cm³/mol. The Balaban J connectivity index is 2.16. The maximum absolute atomic E-state index is 13.2. The highest BCUT2D eigenvalue weighted by Crippen LogP contribution is 2.19. The first kappa shape index (κ1) is 22.4. The van der Waals surface area contributed by atoms with Crippen molar-refractivity contribution in [1.29, 1.82) is 0 Å². The number of halogens is 1. The molecule has 28 heavy (non-hydrogen) atoms. The van der Waals surface area contributed by atoms with Crippen LogP contribution in [0.4, 0.5) is 0 Å². The minimum atomic E-state index is -0.193. The molecule has 4 nitrogen and oxygen atoms in total. The van der Waals surface area contributed by atoms with Gasteiger partial charge in [0.25, 0.3) is 0 Å². The van der Waals surface area contributed by atoms with Gasteiger partial charge in [0.1, 0.15) is 5.88 Å². The molecule has 0 aliphatic heterocycles. The van der Waals surface area contributed by atoms with Gasteiger partial charge >= 0.3 is 0 Å². The van der Waals surface area contributed by atoms with E-state index in [-0.39, 0.29) is 24.2 Å². The molecule has 1 aromatic carbocycles. The highest BCUT2D eigenvalue weighted by Gasteiger charge is 2.22. The van der Waals surface area contributed by atoms with E-state index < -0.39 is 0 Å². The lowest BCUT2D eigenvalue weighted by molar-refractivity contribution is -0.140. The van der Waals surface area contributed by atoms with Crippen molar-refractivity contribution in [3.8, 4) is 0 Å². The van der Waals surface area contributed by atoms with Gasteiger partial charge in [-0.1, -0.05) is 50.6 Å². The van der Waals surface area contributed by atoms with E-state index in [1.807, 2.05) is 35.2 Å². The van der Waals surface area contributed by atoms with Crippen LogP contribution in [-0.4, -0.2) is 40.6 Å². The van der Waals surface area contributed by atoms with Gasteiger partial charge in [-0.15, -0.1) is 22.9 Å². The Morgan fingerprint density at radius 3 is 2.32 bits per heavy atom. The molecule has 0 bridgehead atoms. The van der Waals surface area contributed by atoms with Gasteiger partial charge in [-0.05, 0) is 30.5 Å². The second-order valence-corrected chi connectivity index (χ2v) is 8.81. The Labute approximate surface area is 177 Å². The molecule has 2 aromatic rings. The van der Waals surface area contributed by atoms with Crippen molar-refractivity contribution in [2.75, 3.05) is 19.0 Å². The quantitative estimate of drug-likeness (QED) is 0.523. The molecule has 2 rings (SSSR count).